The van der Waals surface area contributed by atoms with E-state index in [1.54, 1.807) is 0 Å². The lowest BCUT2D eigenvalue weighted by Gasteiger charge is -2.35. The highest BCUT2D eigenvalue weighted by molar-refractivity contribution is 7.12. The van der Waals surface area contributed by atoms with Gasteiger partial charge >= 0.3 is 0 Å². The zero-order valence-corrected chi connectivity index (χ0v) is 13.6. The molecule has 1 aromatic rings. The lowest BCUT2D eigenvalue weighted by molar-refractivity contribution is 0.143. The SMILES string of the molecule is CC1CCN(C(CN)c2ccc(C(C)(C)C)s2)CC1. The van der Waals surface area contributed by atoms with Crippen LogP contribution in [-0.4, -0.2) is 24.5 Å². The van der Waals surface area contributed by atoms with Gasteiger partial charge in [0.25, 0.3) is 0 Å². The predicted octanol–water partition coefficient (Wildman–Crippen LogP) is 3.78. The molecule has 1 saturated heterocycles. The molecule has 0 aromatic carbocycles. The van der Waals surface area contributed by atoms with Crippen LogP contribution < -0.4 is 5.73 Å². The maximum Gasteiger partial charge on any atom is 0.0564 e. The van der Waals surface area contributed by atoms with Gasteiger partial charge in [0.2, 0.25) is 0 Å². The summed E-state index contributed by atoms with van der Waals surface area (Å²) in [6.07, 6.45) is 2.63. The van der Waals surface area contributed by atoms with Gasteiger partial charge in [0.1, 0.15) is 0 Å². The van der Waals surface area contributed by atoms with E-state index >= 15 is 0 Å². The molecule has 3 heteroatoms. The van der Waals surface area contributed by atoms with Crippen LogP contribution in [0.3, 0.4) is 0 Å². The minimum absolute atomic E-state index is 0.248. The molecule has 0 amide bonds. The van der Waals surface area contributed by atoms with Gasteiger partial charge in [-0.3, -0.25) is 4.90 Å². The molecule has 108 valence electrons. The Balaban J connectivity index is 2.11. The van der Waals surface area contributed by atoms with E-state index in [-0.39, 0.29) is 5.41 Å². The molecule has 2 N–H and O–H groups in total. The number of thiophene rings is 1. The van der Waals surface area contributed by atoms with E-state index in [4.69, 9.17) is 5.73 Å². The largest absolute Gasteiger partial charge is 0.329 e. The van der Waals surface area contributed by atoms with Gasteiger partial charge in [-0.1, -0.05) is 27.7 Å². The van der Waals surface area contributed by atoms with E-state index in [0.29, 0.717) is 6.04 Å². The Kier molecular flexibility index (Phi) is 4.70. The summed E-state index contributed by atoms with van der Waals surface area (Å²) in [5.41, 5.74) is 6.30. The molecule has 1 aromatic heterocycles. The van der Waals surface area contributed by atoms with Crippen LogP contribution in [0, 0.1) is 5.92 Å². The number of piperidine rings is 1. The van der Waals surface area contributed by atoms with Crippen LogP contribution in [0.4, 0.5) is 0 Å². The molecule has 2 nitrogen and oxygen atoms in total. The summed E-state index contributed by atoms with van der Waals surface area (Å²) in [5, 5.41) is 0. The first kappa shape index (κ1) is 15.0. The van der Waals surface area contributed by atoms with E-state index < -0.39 is 0 Å². The minimum atomic E-state index is 0.248. The van der Waals surface area contributed by atoms with Crippen LogP contribution in [0.1, 0.15) is 56.3 Å². The van der Waals surface area contributed by atoms with Crippen molar-refractivity contribution >= 4 is 11.3 Å². The lowest BCUT2D eigenvalue weighted by Crippen LogP contribution is -2.39. The van der Waals surface area contributed by atoms with E-state index in [0.717, 1.165) is 12.5 Å². The predicted molar refractivity (Wildman–Crippen MR) is 84.8 cm³/mol. The van der Waals surface area contributed by atoms with Gasteiger partial charge in [0.15, 0.2) is 0 Å². The average Bonchev–Trinajstić information content (AvgIpc) is 2.82. The molecule has 0 spiro atoms. The summed E-state index contributed by atoms with van der Waals surface area (Å²) in [6, 6.07) is 5.00. The molecule has 1 aliphatic heterocycles. The minimum Gasteiger partial charge on any atom is -0.329 e. The van der Waals surface area contributed by atoms with Crippen molar-refractivity contribution in [2.45, 2.75) is 52.0 Å². The fourth-order valence-electron chi connectivity index (χ4n) is 2.72. The highest BCUT2D eigenvalue weighted by Gasteiger charge is 2.26. The van der Waals surface area contributed by atoms with E-state index in [1.165, 1.54) is 35.7 Å². The number of hydrogen-bond donors (Lipinski definition) is 1. The molecule has 0 bridgehead atoms. The molecule has 1 fully saturated rings. The summed E-state index contributed by atoms with van der Waals surface area (Å²) in [4.78, 5) is 5.49. The lowest BCUT2D eigenvalue weighted by atomic mass is 9.95. The number of hydrogen-bond acceptors (Lipinski definition) is 3. The molecule has 2 rings (SSSR count). The third-order valence-electron chi connectivity index (χ3n) is 4.18. The monoisotopic (exact) mass is 280 g/mol. The Morgan fingerprint density at radius 2 is 1.95 bits per heavy atom. The fraction of sp³-hybridized carbons (Fsp3) is 0.750. The molecular formula is C16H28N2S. The standard InChI is InChI=1S/C16H28N2S/c1-12-7-9-18(10-8-12)13(11-17)14-5-6-15(19-14)16(2,3)4/h5-6,12-13H,7-11,17H2,1-4H3. The summed E-state index contributed by atoms with van der Waals surface area (Å²) in [6.45, 7) is 12.3. The highest BCUT2D eigenvalue weighted by Crippen LogP contribution is 2.35. The van der Waals surface area contributed by atoms with Crippen molar-refractivity contribution in [2.75, 3.05) is 19.6 Å². The van der Waals surface area contributed by atoms with Crippen LogP contribution in [0.25, 0.3) is 0 Å². The van der Waals surface area contributed by atoms with Gasteiger partial charge < -0.3 is 5.73 Å². The number of nitrogens with two attached hydrogens (primary N) is 1. The van der Waals surface area contributed by atoms with Crippen molar-refractivity contribution in [3.05, 3.63) is 21.9 Å². The quantitative estimate of drug-likeness (QED) is 0.913. The summed E-state index contributed by atoms with van der Waals surface area (Å²) < 4.78 is 0. The van der Waals surface area contributed by atoms with E-state index in [9.17, 15) is 0 Å². The maximum absolute atomic E-state index is 6.05. The summed E-state index contributed by atoms with van der Waals surface area (Å²) in [5.74, 6) is 0.878. The van der Waals surface area contributed by atoms with Crippen molar-refractivity contribution in [2.24, 2.45) is 11.7 Å². The first-order chi connectivity index (χ1) is 8.91. The Hall–Kier alpha value is -0.380. The van der Waals surface area contributed by atoms with Gasteiger partial charge in [0, 0.05) is 16.3 Å². The molecule has 1 unspecified atom stereocenters. The fourth-order valence-corrected chi connectivity index (χ4v) is 3.93. The molecule has 19 heavy (non-hydrogen) atoms. The second-order valence-electron chi connectivity index (χ2n) is 6.92. The van der Waals surface area contributed by atoms with Gasteiger partial charge in [0.05, 0.1) is 6.04 Å². The smallest absolute Gasteiger partial charge is 0.0564 e. The highest BCUT2D eigenvalue weighted by atomic mass is 32.1. The van der Waals surface area contributed by atoms with Crippen molar-refractivity contribution < 1.29 is 0 Å². The zero-order chi connectivity index (χ0) is 14.0. The van der Waals surface area contributed by atoms with Crippen LogP contribution in [0.2, 0.25) is 0 Å². The van der Waals surface area contributed by atoms with Crippen LogP contribution in [-0.2, 0) is 5.41 Å². The topological polar surface area (TPSA) is 29.3 Å². The normalized spacial score (nSPS) is 20.7. The Morgan fingerprint density at radius 1 is 1.32 bits per heavy atom. The first-order valence-electron chi connectivity index (χ1n) is 7.46. The maximum atomic E-state index is 6.05. The van der Waals surface area contributed by atoms with Gasteiger partial charge in [-0.05, 0) is 49.4 Å². The molecule has 0 radical (unpaired) electrons. The molecule has 2 heterocycles. The second-order valence-corrected chi connectivity index (χ2v) is 8.04. The molecule has 1 aliphatic rings. The third-order valence-corrected chi connectivity index (χ3v) is 5.79. The van der Waals surface area contributed by atoms with Gasteiger partial charge in [-0.2, -0.15) is 0 Å². The van der Waals surface area contributed by atoms with Crippen LogP contribution in [0.5, 0.6) is 0 Å². The first-order valence-corrected chi connectivity index (χ1v) is 8.28. The Labute approximate surface area is 122 Å². The second kappa shape index (κ2) is 5.94. The van der Waals surface area contributed by atoms with Crippen molar-refractivity contribution in [3.8, 4) is 0 Å². The molecule has 0 saturated carbocycles. The number of nitrogens with zero attached hydrogens (tertiary/aromatic N) is 1. The van der Waals surface area contributed by atoms with Gasteiger partial charge in [-0.25, -0.2) is 0 Å². The molecule has 0 aliphatic carbocycles. The summed E-state index contributed by atoms with van der Waals surface area (Å²) >= 11 is 1.95. The third kappa shape index (κ3) is 3.59. The van der Waals surface area contributed by atoms with E-state index in [1.807, 2.05) is 11.3 Å². The molecule has 1 atom stereocenters. The summed E-state index contributed by atoms with van der Waals surface area (Å²) in [7, 11) is 0. The number of likely N-dealkylation sites (tertiary alicyclic amines) is 1. The van der Waals surface area contributed by atoms with Gasteiger partial charge in [-0.15, -0.1) is 11.3 Å². The van der Waals surface area contributed by atoms with Crippen molar-refractivity contribution in [3.63, 3.8) is 0 Å². The number of rotatable bonds is 3. The molecular weight excluding hydrogens is 252 g/mol. The van der Waals surface area contributed by atoms with Crippen LogP contribution in [0.15, 0.2) is 12.1 Å². The van der Waals surface area contributed by atoms with Crippen molar-refractivity contribution in [1.29, 1.82) is 0 Å². The van der Waals surface area contributed by atoms with Crippen molar-refractivity contribution in [1.82, 2.24) is 4.90 Å². The van der Waals surface area contributed by atoms with Crippen LogP contribution >= 0.6 is 11.3 Å². The Morgan fingerprint density at radius 3 is 2.42 bits per heavy atom. The Bertz CT molecular complexity index is 397. The zero-order valence-electron chi connectivity index (χ0n) is 12.8. The average molecular weight is 280 g/mol. The van der Waals surface area contributed by atoms with E-state index in [2.05, 4.69) is 44.7 Å².